The molecular formula is C28H27O5PS. The third-order valence-electron chi connectivity index (χ3n) is 6.32. The normalized spacial score (nSPS) is 12.9. The number of benzene rings is 4. The number of carbonyl (C=O) groups excluding carboxylic acids is 1. The first-order valence-electron chi connectivity index (χ1n) is 11.2. The van der Waals surface area contributed by atoms with Crippen LogP contribution >= 0.6 is 6.83 Å². The number of rotatable bonds is 8. The Morgan fingerprint density at radius 2 is 1.17 bits per heavy atom. The van der Waals surface area contributed by atoms with Gasteiger partial charge in [-0.25, -0.2) is 0 Å². The quantitative estimate of drug-likeness (QED) is 0.257. The molecule has 0 aliphatic heterocycles. The van der Waals surface area contributed by atoms with Gasteiger partial charge in [-0.1, -0.05) is 0 Å². The van der Waals surface area contributed by atoms with Crippen molar-refractivity contribution in [1.82, 2.24) is 0 Å². The Morgan fingerprint density at radius 1 is 0.714 bits per heavy atom. The molecule has 5 nitrogen and oxygen atoms in total. The first kappa shape index (κ1) is 24.8. The van der Waals surface area contributed by atoms with Gasteiger partial charge >= 0.3 is 207 Å². The predicted molar refractivity (Wildman–Crippen MR) is 142 cm³/mol. The zero-order chi connectivity index (χ0) is 25.0. The van der Waals surface area contributed by atoms with Crippen molar-refractivity contribution < 1.29 is 21.9 Å². The molecule has 0 N–H and O–H groups in total. The fraction of sp³-hybridized carbons (Fsp3) is 0.107. The average molecular weight is 507 g/mol. The zero-order valence-corrected chi connectivity index (χ0v) is 21.3. The molecule has 0 heterocycles. The van der Waals surface area contributed by atoms with Gasteiger partial charge in [-0.3, -0.25) is 0 Å². The van der Waals surface area contributed by atoms with Crippen LogP contribution in [0.5, 0.6) is 0 Å². The van der Waals surface area contributed by atoms with Crippen LogP contribution in [0.4, 0.5) is 0 Å². The number of methoxy groups -OCH3 is 1. The second kappa shape index (κ2) is 9.74. The standard InChI is InChI=1S/C28H27O5PS/c1-3-34(24-15-7-4-8-16-24,25-17-9-5-10-18-25,26-19-11-6-12-20-26)33-35(30,31)27-21-13-14-23(22-27)28(29)32-2/h4-22H,3H2,1-2H3. The molecule has 0 aliphatic rings. The van der Waals surface area contributed by atoms with Gasteiger partial charge in [0.05, 0.1) is 0 Å². The molecule has 0 saturated heterocycles. The van der Waals surface area contributed by atoms with E-state index >= 15 is 0 Å². The summed E-state index contributed by atoms with van der Waals surface area (Å²) in [6.45, 7) is -2.08. The molecule has 0 atom stereocenters. The van der Waals surface area contributed by atoms with Gasteiger partial charge in [-0.15, -0.1) is 0 Å². The van der Waals surface area contributed by atoms with E-state index in [1.54, 1.807) is 0 Å². The van der Waals surface area contributed by atoms with Gasteiger partial charge in [0.2, 0.25) is 0 Å². The molecule has 0 aliphatic carbocycles. The van der Waals surface area contributed by atoms with Gasteiger partial charge in [0, 0.05) is 0 Å². The minimum atomic E-state index is -4.35. The maximum atomic E-state index is 14.1. The molecule has 0 amide bonds. The second-order valence-electron chi connectivity index (χ2n) is 8.08. The number of hydrogen-bond donors (Lipinski definition) is 0. The van der Waals surface area contributed by atoms with E-state index in [0.29, 0.717) is 6.16 Å². The summed E-state index contributed by atoms with van der Waals surface area (Å²) >= 11 is 0. The van der Waals surface area contributed by atoms with E-state index in [0.717, 1.165) is 15.9 Å². The van der Waals surface area contributed by atoms with E-state index in [1.165, 1.54) is 31.4 Å². The van der Waals surface area contributed by atoms with E-state index < -0.39 is 22.9 Å². The van der Waals surface area contributed by atoms with Crippen molar-refractivity contribution in [2.75, 3.05) is 13.3 Å². The van der Waals surface area contributed by atoms with Crippen LogP contribution in [0.1, 0.15) is 17.3 Å². The number of hydrogen-bond acceptors (Lipinski definition) is 5. The molecule has 7 heteroatoms. The van der Waals surface area contributed by atoms with Crippen molar-refractivity contribution in [3.05, 3.63) is 121 Å². The first-order valence-corrected chi connectivity index (χ1v) is 14.9. The summed E-state index contributed by atoms with van der Waals surface area (Å²) in [6, 6.07) is 34.4. The predicted octanol–water partition coefficient (Wildman–Crippen LogP) is 4.64. The van der Waals surface area contributed by atoms with Crippen LogP contribution in [0, 0.1) is 0 Å². The SMILES string of the molecule is CCP(OS(=O)(=O)c1cccc(C(=O)OC)c1)(c1ccccc1)(c1ccccc1)c1ccccc1. The van der Waals surface area contributed by atoms with Crippen LogP contribution in [-0.2, 0) is 18.8 Å². The van der Waals surface area contributed by atoms with Crippen LogP contribution in [0.25, 0.3) is 0 Å². The van der Waals surface area contributed by atoms with Crippen molar-refractivity contribution >= 4 is 38.8 Å². The molecule has 4 aromatic rings. The van der Waals surface area contributed by atoms with E-state index in [-0.39, 0.29) is 10.5 Å². The summed E-state index contributed by atoms with van der Waals surface area (Å²) in [7, 11) is -3.09. The van der Waals surface area contributed by atoms with Crippen molar-refractivity contribution in [2.45, 2.75) is 11.8 Å². The van der Waals surface area contributed by atoms with Crippen LogP contribution in [-0.4, -0.2) is 27.7 Å². The Bertz CT molecular complexity index is 1320. The third-order valence-corrected chi connectivity index (χ3v) is 14.6. The van der Waals surface area contributed by atoms with Gasteiger partial charge in [0.1, 0.15) is 0 Å². The molecule has 0 fully saturated rings. The Morgan fingerprint density at radius 3 is 1.57 bits per heavy atom. The van der Waals surface area contributed by atoms with E-state index in [2.05, 4.69) is 0 Å². The topological polar surface area (TPSA) is 69.7 Å². The molecule has 180 valence electrons. The Hall–Kier alpha value is -3.31. The molecule has 0 bridgehead atoms. The van der Waals surface area contributed by atoms with Crippen LogP contribution in [0.2, 0.25) is 0 Å². The zero-order valence-electron chi connectivity index (χ0n) is 19.6. The van der Waals surface area contributed by atoms with Crippen LogP contribution < -0.4 is 15.9 Å². The van der Waals surface area contributed by atoms with Gasteiger partial charge in [-0.05, 0) is 0 Å². The van der Waals surface area contributed by atoms with Crippen LogP contribution in [0.15, 0.2) is 120 Å². The summed E-state index contributed by atoms with van der Waals surface area (Å²) in [5.74, 6) is -0.621. The Labute approximate surface area is 206 Å². The molecule has 4 rings (SSSR count). The molecule has 4 aromatic carbocycles. The molecule has 0 saturated carbocycles. The monoisotopic (exact) mass is 506 g/mol. The van der Waals surface area contributed by atoms with Crippen molar-refractivity contribution in [3.63, 3.8) is 0 Å². The van der Waals surface area contributed by atoms with Gasteiger partial charge in [-0.2, -0.15) is 0 Å². The summed E-state index contributed by atoms with van der Waals surface area (Å²) in [5, 5.41) is 2.39. The fourth-order valence-corrected chi connectivity index (χ4v) is 13.0. The van der Waals surface area contributed by atoms with E-state index in [4.69, 9.17) is 8.71 Å². The van der Waals surface area contributed by atoms with Gasteiger partial charge in [0.25, 0.3) is 0 Å². The van der Waals surface area contributed by atoms with Gasteiger partial charge < -0.3 is 0 Å². The molecule has 0 spiro atoms. The summed E-state index contributed by atoms with van der Waals surface area (Å²) in [5.41, 5.74) is 0.133. The molecule has 0 unspecified atom stereocenters. The minimum absolute atomic E-state index is 0.106. The molecule has 0 aromatic heterocycles. The molecule has 0 radical (unpaired) electrons. The number of esters is 1. The van der Waals surface area contributed by atoms with Crippen molar-refractivity contribution in [2.24, 2.45) is 0 Å². The average Bonchev–Trinajstić information content (AvgIpc) is 2.93. The second-order valence-corrected chi connectivity index (χ2v) is 14.7. The third kappa shape index (κ3) is 4.19. The summed E-state index contributed by atoms with van der Waals surface area (Å²) < 4.78 is 39.5. The van der Waals surface area contributed by atoms with Crippen LogP contribution in [0.3, 0.4) is 0 Å². The molecular weight excluding hydrogens is 479 g/mol. The van der Waals surface area contributed by atoms with Gasteiger partial charge in [0.15, 0.2) is 0 Å². The van der Waals surface area contributed by atoms with Crippen molar-refractivity contribution in [3.8, 4) is 0 Å². The fourth-order valence-electron chi connectivity index (χ4n) is 4.56. The Kier molecular flexibility index (Phi) is 6.91. The number of ether oxygens (including phenoxy) is 1. The first-order chi connectivity index (χ1) is 16.9. The summed E-state index contributed by atoms with van der Waals surface area (Å²) in [4.78, 5) is 12.0. The van der Waals surface area contributed by atoms with Crippen molar-refractivity contribution in [1.29, 1.82) is 0 Å². The molecule has 35 heavy (non-hydrogen) atoms. The van der Waals surface area contributed by atoms with E-state index in [9.17, 15) is 13.2 Å². The number of carbonyl (C=O) groups is 1. The maximum absolute atomic E-state index is 14.1. The summed E-state index contributed by atoms with van der Waals surface area (Å²) in [6.07, 6.45) is 0.402. The Balaban J connectivity index is 2.08. The van der Waals surface area contributed by atoms with E-state index in [1.807, 2.05) is 97.9 Å².